The van der Waals surface area contributed by atoms with E-state index in [0.717, 1.165) is 31.6 Å². The van der Waals surface area contributed by atoms with Gasteiger partial charge in [-0.25, -0.2) is 13.4 Å². The van der Waals surface area contributed by atoms with Crippen LogP contribution >= 0.6 is 0 Å². The first kappa shape index (κ1) is 22.0. The second kappa shape index (κ2) is 7.78. The fourth-order valence-electron chi connectivity index (χ4n) is 5.95. The van der Waals surface area contributed by atoms with Gasteiger partial charge in [-0.3, -0.25) is 9.69 Å². The van der Waals surface area contributed by atoms with Gasteiger partial charge >= 0.3 is 0 Å². The SMILES string of the molecule is CC(C)CNc1ccc(S(=O)(=O)C23CC4CN2C(CC4NC(=O)c2cc(C4CC4)on2)C3)cn1. The molecule has 4 fully saturated rings. The number of sulfone groups is 1. The minimum atomic E-state index is -3.58. The zero-order valence-electron chi connectivity index (χ0n) is 19.5. The smallest absolute Gasteiger partial charge is 0.273 e. The van der Waals surface area contributed by atoms with Crippen LogP contribution in [-0.2, 0) is 9.84 Å². The standard InChI is InChI=1S/C24H31N5O4S/c1-14(2)11-25-22-6-5-18(12-26-22)34(31,32)24-9-16-13-29(24)17(10-24)7-19(16)27-23(30)20-8-21(33-28-20)15-3-4-15/h5-6,8,12,14-17,19H,3-4,7,9-11,13H2,1-2H3,(H,25,26)(H,27,30). The highest BCUT2D eigenvalue weighted by atomic mass is 32.2. The monoisotopic (exact) mass is 485 g/mol. The van der Waals surface area contributed by atoms with E-state index in [1.54, 1.807) is 18.2 Å². The van der Waals surface area contributed by atoms with Gasteiger partial charge in [0.15, 0.2) is 15.5 Å². The third kappa shape index (κ3) is 3.45. The Hall–Kier alpha value is -2.46. The Balaban J connectivity index is 1.16. The average molecular weight is 486 g/mol. The predicted molar refractivity (Wildman–Crippen MR) is 125 cm³/mol. The lowest BCUT2D eigenvalue weighted by atomic mass is 9.88. The lowest BCUT2D eigenvalue weighted by molar-refractivity contribution is -0.00147. The minimum absolute atomic E-state index is 0.0601. The van der Waals surface area contributed by atoms with Crippen molar-refractivity contribution in [2.24, 2.45) is 11.8 Å². The van der Waals surface area contributed by atoms with Crippen LogP contribution in [0.4, 0.5) is 5.82 Å². The number of aromatic nitrogens is 2. The van der Waals surface area contributed by atoms with Gasteiger partial charge in [-0.2, -0.15) is 0 Å². The van der Waals surface area contributed by atoms with E-state index in [2.05, 4.69) is 39.5 Å². The van der Waals surface area contributed by atoms with Gasteiger partial charge < -0.3 is 15.2 Å². The number of fused-ring (bicyclic) bond motifs is 1. The number of hydrogen-bond donors (Lipinski definition) is 2. The molecule has 6 rings (SSSR count). The molecule has 1 aliphatic carbocycles. The number of pyridine rings is 1. The molecule has 5 heterocycles. The normalized spacial score (nSPS) is 30.3. The second-order valence-corrected chi connectivity index (χ2v) is 13.0. The van der Waals surface area contributed by atoms with Crippen molar-refractivity contribution in [1.29, 1.82) is 0 Å². The van der Waals surface area contributed by atoms with Gasteiger partial charge in [0, 0.05) is 43.4 Å². The van der Waals surface area contributed by atoms with E-state index in [9.17, 15) is 13.2 Å². The molecule has 3 aliphatic heterocycles. The molecule has 2 N–H and O–H groups in total. The summed E-state index contributed by atoms with van der Waals surface area (Å²) in [5, 5.41) is 10.3. The number of amides is 1. The van der Waals surface area contributed by atoms with Crippen molar-refractivity contribution in [3.05, 3.63) is 35.9 Å². The van der Waals surface area contributed by atoms with Gasteiger partial charge in [0.25, 0.3) is 5.91 Å². The minimum Gasteiger partial charge on any atom is -0.370 e. The summed E-state index contributed by atoms with van der Waals surface area (Å²) in [4.78, 5) is 18.7. The van der Waals surface area contributed by atoms with Gasteiger partial charge in [0.05, 0.1) is 4.90 Å². The molecule has 0 aromatic carbocycles. The Morgan fingerprint density at radius 1 is 1.29 bits per heavy atom. The fourth-order valence-corrected chi connectivity index (χ4v) is 8.20. The molecule has 182 valence electrons. The maximum Gasteiger partial charge on any atom is 0.273 e. The number of nitrogens with one attached hydrogen (secondary N) is 2. The molecule has 2 aromatic heterocycles. The number of rotatable bonds is 8. The van der Waals surface area contributed by atoms with Crippen LogP contribution < -0.4 is 10.6 Å². The van der Waals surface area contributed by atoms with Gasteiger partial charge in [0.1, 0.15) is 16.4 Å². The van der Waals surface area contributed by atoms with Crippen LogP contribution in [0, 0.1) is 11.8 Å². The molecule has 10 heteroatoms. The van der Waals surface area contributed by atoms with E-state index in [1.165, 1.54) is 6.20 Å². The molecular weight excluding hydrogens is 454 g/mol. The van der Waals surface area contributed by atoms with E-state index in [1.807, 2.05) is 0 Å². The topological polar surface area (TPSA) is 117 Å². The van der Waals surface area contributed by atoms with Gasteiger partial charge in [-0.05, 0) is 56.1 Å². The highest BCUT2D eigenvalue weighted by Gasteiger charge is 2.68. The summed E-state index contributed by atoms with van der Waals surface area (Å²) in [5.41, 5.74) is 0.314. The van der Waals surface area contributed by atoms with E-state index in [-0.39, 0.29) is 28.8 Å². The predicted octanol–water partition coefficient (Wildman–Crippen LogP) is 2.78. The lowest BCUT2D eigenvalue weighted by Gasteiger charge is -2.54. The summed E-state index contributed by atoms with van der Waals surface area (Å²) in [6.07, 6.45) is 5.53. The molecule has 34 heavy (non-hydrogen) atoms. The number of carbonyl (C=O) groups is 1. The third-order valence-electron chi connectivity index (χ3n) is 7.92. The van der Waals surface area contributed by atoms with E-state index >= 15 is 0 Å². The van der Waals surface area contributed by atoms with Crippen molar-refractivity contribution in [1.82, 2.24) is 20.4 Å². The first-order valence-electron chi connectivity index (χ1n) is 12.3. The fraction of sp³-hybridized carbons (Fsp3) is 0.625. The maximum atomic E-state index is 13.7. The van der Waals surface area contributed by atoms with Crippen LogP contribution in [0.3, 0.4) is 0 Å². The van der Waals surface area contributed by atoms with Crippen LogP contribution in [0.1, 0.15) is 68.1 Å². The summed E-state index contributed by atoms with van der Waals surface area (Å²) < 4.78 is 32.8. The molecule has 9 nitrogen and oxygen atoms in total. The zero-order valence-corrected chi connectivity index (χ0v) is 20.3. The molecule has 4 aliphatic rings. The number of anilines is 1. The second-order valence-electron chi connectivity index (χ2n) is 10.8. The summed E-state index contributed by atoms with van der Waals surface area (Å²) >= 11 is 0. The van der Waals surface area contributed by atoms with E-state index in [0.29, 0.717) is 42.7 Å². The average Bonchev–Trinajstić information content (AvgIpc) is 3.51. The molecule has 4 unspecified atom stereocenters. The maximum absolute atomic E-state index is 13.7. The molecule has 0 radical (unpaired) electrons. The van der Waals surface area contributed by atoms with Crippen LogP contribution in [0.2, 0.25) is 0 Å². The highest BCUT2D eigenvalue weighted by molar-refractivity contribution is 7.92. The number of nitrogens with zero attached hydrogens (tertiary/aromatic N) is 3. The van der Waals surface area contributed by atoms with Crippen molar-refractivity contribution in [3.63, 3.8) is 0 Å². The van der Waals surface area contributed by atoms with Crippen LogP contribution in [0.15, 0.2) is 33.8 Å². The Kier molecular flexibility index (Phi) is 5.04. The van der Waals surface area contributed by atoms with Gasteiger partial charge in [-0.15, -0.1) is 0 Å². The lowest BCUT2D eigenvalue weighted by Crippen LogP contribution is -2.67. The van der Waals surface area contributed by atoms with Crippen LogP contribution in [0.5, 0.6) is 0 Å². The first-order valence-corrected chi connectivity index (χ1v) is 13.7. The number of piperidine rings is 1. The van der Waals surface area contributed by atoms with Crippen molar-refractivity contribution in [2.45, 2.75) is 73.7 Å². The highest BCUT2D eigenvalue weighted by Crippen LogP contribution is 2.58. The Bertz CT molecular complexity index is 1210. The number of hydrogen-bond acceptors (Lipinski definition) is 8. The third-order valence-corrected chi connectivity index (χ3v) is 10.4. The summed E-state index contributed by atoms with van der Waals surface area (Å²) in [5.74, 6) is 2.20. The quantitative estimate of drug-likeness (QED) is 0.586. The Morgan fingerprint density at radius 3 is 2.82 bits per heavy atom. The summed E-state index contributed by atoms with van der Waals surface area (Å²) in [7, 11) is -3.58. The molecule has 1 saturated carbocycles. The van der Waals surface area contributed by atoms with Crippen LogP contribution in [0.25, 0.3) is 0 Å². The molecule has 3 saturated heterocycles. The van der Waals surface area contributed by atoms with Crippen molar-refractivity contribution in [2.75, 3.05) is 18.4 Å². The largest absolute Gasteiger partial charge is 0.370 e. The molecular formula is C24H31N5O4S. The molecule has 1 amide bonds. The summed E-state index contributed by atoms with van der Waals surface area (Å²) in [6.45, 7) is 5.68. The molecule has 4 atom stereocenters. The van der Waals surface area contributed by atoms with Gasteiger partial charge in [-0.1, -0.05) is 19.0 Å². The molecule has 2 aromatic rings. The zero-order chi connectivity index (χ0) is 23.7. The molecule has 0 spiro atoms. The van der Waals surface area contributed by atoms with E-state index in [4.69, 9.17) is 4.52 Å². The van der Waals surface area contributed by atoms with Crippen molar-refractivity contribution < 1.29 is 17.7 Å². The Morgan fingerprint density at radius 2 is 2.12 bits per heavy atom. The summed E-state index contributed by atoms with van der Waals surface area (Å²) in [6, 6.07) is 5.26. The molecule has 2 bridgehead atoms. The Labute approximate surface area is 199 Å². The van der Waals surface area contributed by atoms with Crippen molar-refractivity contribution in [3.8, 4) is 0 Å². The number of carbonyl (C=O) groups excluding carboxylic acids is 1. The van der Waals surface area contributed by atoms with Crippen LogP contribution in [-0.4, -0.2) is 59.4 Å². The van der Waals surface area contributed by atoms with Gasteiger partial charge in [0.2, 0.25) is 0 Å². The first-order chi connectivity index (χ1) is 16.3. The van der Waals surface area contributed by atoms with E-state index < -0.39 is 14.7 Å². The van der Waals surface area contributed by atoms with Crippen molar-refractivity contribution >= 4 is 21.6 Å².